The van der Waals surface area contributed by atoms with Crippen LogP contribution in [-0.2, 0) is 4.79 Å². The third-order valence-corrected chi connectivity index (χ3v) is 0.514. The second kappa shape index (κ2) is 6.40. The predicted molar refractivity (Wildman–Crippen MR) is 42.4 cm³/mol. The van der Waals surface area contributed by atoms with Crippen molar-refractivity contribution < 1.29 is 9.90 Å². The fourth-order valence-corrected chi connectivity index (χ4v) is 0. The van der Waals surface area contributed by atoms with Crippen LogP contribution in [0.2, 0.25) is 0 Å². The fourth-order valence-electron chi connectivity index (χ4n) is 0. The number of hydrazone groups is 1. The molecule has 0 aliphatic carbocycles. The molecule has 11 heavy (non-hydrogen) atoms. The summed E-state index contributed by atoms with van der Waals surface area (Å²) in [5.41, 5.74) is 9.56. The number of guanidine groups is 1. The number of carboxylic acid groups (broad SMARTS) is 1. The molecule has 0 aliphatic rings. The maximum atomic E-state index is 9.60. The van der Waals surface area contributed by atoms with Crippen LogP contribution in [0.1, 0.15) is 6.92 Å². The van der Waals surface area contributed by atoms with Gasteiger partial charge >= 0.3 is 5.97 Å². The van der Waals surface area contributed by atoms with Crippen molar-refractivity contribution in [2.45, 2.75) is 6.92 Å². The van der Waals surface area contributed by atoms with E-state index in [1.54, 1.807) is 0 Å². The number of rotatable bonds is 1. The highest BCUT2D eigenvalue weighted by Crippen LogP contribution is 1.81. The van der Waals surface area contributed by atoms with Crippen molar-refractivity contribution in [2.24, 2.45) is 22.4 Å². The number of hydrogen-bond donors (Lipinski definition) is 4. The van der Waals surface area contributed by atoms with Gasteiger partial charge in [-0.3, -0.25) is 0 Å². The van der Waals surface area contributed by atoms with Crippen molar-refractivity contribution in [1.82, 2.24) is 0 Å². The first-order valence-corrected chi connectivity index (χ1v) is 2.59. The Bertz CT molecular complexity index is 159. The molecule has 0 aromatic heterocycles. The normalized spacial score (nSPS) is 7.00. The van der Waals surface area contributed by atoms with Crippen LogP contribution < -0.4 is 17.3 Å². The molecule has 0 saturated carbocycles. The summed E-state index contributed by atoms with van der Waals surface area (Å²) in [4.78, 5) is 9.60. The van der Waals surface area contributed by atoms with Crippen LogP contribution in [0.15, 0.2) is 17.3 Å². The molecule has 0 unspecified atom stereocenters. The van der Waals surface area contributed by atoms with E-state index < -0.39 is 5.97 Å². The zero-order chi connectivity index (χ0) is 9.44. The molecular formula is C5H12N4O2. The molecule has 0 heterocycles. The average Bonchev–Trinajstić information content (AvgIpc) is 1.89. The van der Waals surface area contributed by atoms with Crippen LogP contribution in [0.4, 0.5) is 0 Å². The SMILES string of the molecule is C=C(C)C(=O)O.NN=C(N)N. The van der Waals surface area contributed by atoms with Gasteiger partial charge in [-0.05, 0) is 6.92 Å². The minimum atomic E-state index is -0.935. The Hall–Kier alpha value is -1.72. The van der Waals surface area contributed by atoms with E-state index in [1.165, 1.54) is 6.92 Å². The predicted octanol–water partition coefficient (Wildman–Crippen LogP) is -1.22. The molecule has 0 radical (unpaired) electrons. The Morgan fingerprint density at radius 3 is 1.73 bits per heavy atom. The van der Waals surface area contributed by atoms with Gasteiger partial charge in [0.25, 0.3) is 0 Å². The van der Waals surface area contributed by atoms with Gasteiger partial charge in [0.05, 0.1) is 0 Å². The Labute approximate surface area is 64.4 Å². The van der Waals surface area contributed by atoms with Gasteiger partial charge in [0, 0.05) is 5.57 Å². The van der Waals surface area contributed by atoms with E-state index in [9.17, 15) is 4.79 Å². The molecule has 0 saturated heterocycles. The topological polar surface area (TPSA) is 128 Å². The van der Waals surface area contributed by atoms with Crippen LogP contribution in [0, 0.1) is 0 Å². The standard InChI is InChI=1S/C4H6O2.CH6N4/c1-3(2)4(5)6;2-1(3)5-4/h1H2,2H3,(H,5,6);4H2,(H4,2,3,5). The maximum Gasteiger partial charge on any atom is 0.330 e. The van der Waals surface area contributed by atoms with Gasteiger partial charge in [-0.15, -0.1) is 5.10 Å². The minimum absolute atomic E-state index is 0.0926. The van der Waals surface area contributed by atoms with Gasteiger partial charge in [-0.1, -0.05) is 6.58 Å². The lowest BCUT2D eigenvalue weighted by molar-refractivity contribution is -0.132. The molecular weight excluding hydrogens is 148 g/mol. The molecule has 0 aromatic carbocycles. The van der Waals surface area contributed by atoms with E-state index >= 15 is 0 Å². The summed E-state index contributed by atoms with van der Waals surface area (Å²) in [5, 5.41) is 10.8. The first-order valence-electron chi connectivity index (χ1n) is 2.59. The lowest BCUT2D eigenvalue weighted by atomic mass is 10.4. The average molecular weight is 160 g/mol. The first-order chi connectivity index (χ1) is 4.91. The molecule has 0 spiro atoms. The third kappa shape index (κ3) is 17.8. The Morgan fingerprint density at radius 2 is 1.73 bits per heavy atom. The van der Waals surface area contributed by atoms with Crippen LogP contribution >= 0.6 is 0 Å². The molecule has 6 nitrogen and oxygen atoms in total. The van der Waals surface area contributed by atoms with Crippen LogP contribution in [0.25, 0.3) is 0 Å². The highest BCUT2D eigenvalue weighted by molar-refractivity contribution is 5.84. The summed E-state index contributed by atoms with van der Waals surface area (Å²) in [6, 6.07) is 0. The van der Waals surface area contributed by atoms with E-state index in [-0.39, 0.29) is 11.5 Å². The van der Waals surface area contributed by atoms with Crippen LogP contribution in [0.5, 0.6) is 0 Å². The summed E-state index contributed by atoms with van der Waals surface area (Å²) in [6.07, 6.45) is 0. The third-order valence-electron chi connectivity index (χ3n) is 0.514. The number of carboxylic acids is 1. The Kier molecular flexibility index (Phi) is 6.99. The minimum Gasteiger partial charge on any atom is -0.478 e. The van der Waals surface area contributed by atoms with Crippen molar-refractivity contribution >= 4 is 11.9 Å². The molecule has 0 bridgehead atoms. The Morgan fingerprint density at radius 1 is 1.55 bits per heavy atom. The number of nitrogens with zero attached hydrogens (tertiary/aromatic N) is 1. The van der Waals surface area contributed by atoms with Crippen molar-refractivity contribution in [3.05, 3.63) is 12.2 Å². The highest BCUT2D eigenvalue weighted by Gasteiger charge is 1.90. The summed E-state index contributed by atoms with van der Waals surface area (Å²) in [5.74, 6) is 3.48. The monoisotopic (exact) mass is 160 g/mol. The molecule has 7 N–H and O–H groups in total. The van der Waals surface area contributed by atoms with Crippen molar-refractivity contribution in [3.63, 3.8) is 0 Å². The van der Waals surface area contributed by atoms with Crippen molar-refractivity contribution in [2.75, 3.05) is 0 Å². The zero-order valence-electron chi connectivity index (χ0n) is 6.24. The first kappa shape index (κ1) is 12.0. The summed E-state index contributed by atoms with van der Waals surface area (Å²) < 4.78 is 0. The molecule has 0 aromatic rings. The molecule has 64 valence electrons. The molecule has 0 rings (SSSR count). The van der Waals surface area contributed by atoms with Gasteiger partial charge in [-0.25, -0.2) is 4.79 Å². The molecule has 0 atom stereocenters. The van der Waals surface area contributed by atoms with Crippen LogP contribution in [-0.4, -0.2) is 17.0 Å². The van der Waals surface area contributed by atoms with E-state index in [0.717, 1.165) is 0 Å². The summed E-state index contributed by atoms with van der Waals surface area (Å²) in [7, 11) is 0. The number of hydrogen-bond acceptors (Lipinski definition) is 3. The van der Waals surface area contributed by atoms with E-state index in [1.807, 2.05) is 0 Å². The van der Waals surface area contributed by atoms with Gasteiger partial charge in [0.2, 0.25) is 5.96 Å². The van der Waals surface area contributed by atoms with Gasteiger partial charge < -0.3 is 22.4 Å². The molecule has 0 fully saturated rings. The van der Waals surface area contributed by atoms with Crippen molar-refractivity contribution in [3.8, 4) is 0 Å². The number of carbonyl (C=O) groups is 1. The fraction of sp³-hybridized carbons (Fsp3) is 0.200. The number of nitrogens with two attached hydrogens (primary N) is 3. The van der Waals surface area contributed by atoms with Gasteiger partial charge in [0.15, 0.2) is 0 Å². The summed E-state index contributed by atoms with van der Waals surface area (Å²) in [6.45, 7) is 4.60. The van der Waals surface area contributed by atoms with Gasteiger partial charge in [-0.2, -0.15) is 0 Å². The number of aliphatic carboxylic acids is 1. The highest BCUT2D eigenvalue weighted by atomic mass is 16.4. The largest absolute Gasteiger partial charge is 0.478 e. The maximum absolute atomic E-state index is 9.60. The summed E-state index contributed by atoms with van der Waals surface area (Å²) >= 11 is 0. The quantitative estimate of drug-likeness (QED) is 0.126. The Balaban J connectivity index is 0. The lowest BCUT2D eigenvalue weighted by Gasteiger charge is -1.79. The van der Waals surface area contributed by atoms with Crippen molar-refractivity contribution in [1.29, 1.82) is 0 Å². The lowest BCUT2D eigenvalue weighted by Crippen LogP contribution is -2.23. The molecule has 0 amide bonds. The zero-order valence-corrected chi connectivity index (χ0v) is 6.24. The van der Waals surface area contributed by atoms with E-state index in [2.05, 4.69) is 17.5 Å². The second-order valence-corrected chi connectivity index (χ2v) is 1.64. The molecule has 6 heteroatoms. The van der Waals surface area contributed by atoms with E-state index in [4.69, 9.17) is 16.6 Å². The molecule has 0 aliphatic heterocycles. The van der Waals surface area contributed by atoms with Gasteiger partial charge in [0.1, 0.15) is 0 Å². The second-order valence-electron chi connectivity index (χ2n) is 1.64. The smallest absolute Gasteiger partial charge is 0.330 e. The van der Waals surface area contributed by atoms with E-state index in [0.29, 0.717) is 0 Å². The van der Waals surface area contributed by atoms with Crippen LogP contribution in [0.3, 0.4) is 0 Å².